The minimum absolute atomic E-state index is 0.401. The fraction of sp³-hybridized carbons (Fsp3) is 0.562. The molecule has 5 heteroatoms. The second-order valence-corrected chi connectivity index (χ2v) is 6.19. The van der Waals surface area contributed by atoms with Gasteiger partial charge in [0.25, 0.3) is 0 Å². The summed E-state index contributed by atoms with van der Waals surface area (Å²) in [6.45, 7) is 6.61. The maximum atomic E-state index is 5.90. The molecule has 0 amide bonds. The summed E-state index contributed by atoms with van der Waals surface area (Å²) in [7, 11) is 0. The van der Waals surface area contributed by atoms with E-state index in [1.165, 1.54) is 12.8 Å². The molecule has 2 aromatic rings. The Labute approximate surface area is 125 Å². The Kier molecular flexibility index (Phi) is 3.66. The van der Waals surface area contributed by atoms with E-state index in [1.54, 1.807) is 0 Å². The molecule has 0 radical (unpaired) electrons. The van der Waals surface area contributed by atoms with Gasteiger partial charge in [0.15, 0.2) is 5.82 Å². The normalized spacial score (nSPS) is 25.4. The van der Waals surface area contributed by atoms with E-state index in [0.717, 1.165) is 35.0 Å². The Morgan fingerprint density at radius 2 is 2.14 bits per heavy atom. The van der Waals surface area contributed by atoms with Crippen molar-refractivity contribution in [1.29, 1.82) is 0 Å². The van der Waals surface area contributed by atoms with Crippen LogP contribution in [-0.2, 0) is 0 Å². The zero-order valence-electron chi connectivity index (χ0n) is 13.0. The van der Waals surface area contributed by atoms with Gasteiger partial charge in [0, 0.05) is 11.3 Å². The van der Waals surface area contributed by atoms with Crippen molar-refractivity contribution in [1.82, 2.24) is 20.2 Å². The highest BCUT2D eigenvalue weighted by Crippen LogP contribution is 2.42. The number of aryl methyl sites for hydroxylation is 1. The molecule has 0 bridgehead atoms. The first-order valence-electron chi connectivity index (χ1n) is 7.76. The van der Waals surface area contributed by atoms with Crippen molar-refractivity contribution in [3.63, 3.8) is 0 Å². The molecule has 0 spiro atoms. The first-order chi connectivity index (χ1) is 10.1. The van der Waals surface area contributed by atoms with Gasteiger partial charge in [-0.1, -0.05) is 20.3 Å². The highest BCUT2D eigenvalue weighted by atomic mass is 15.6. The van der Waals surface area contributed by atoms with Crippen molar-refractivity contribution < 1.29 is 0 Å². The standard InChI is InChI=1S/C16H23N5/c1-4-12-6-8-15(11(12)3)21-16(18-19-20-21)13-5-7-14(17)10(2)9-13/h5,7,9,11-12,15H,4,6,8,17H2,1-3H3. The number of benzene rings is 1. The van der Waals surface area contributed by atoms with Crippen LogP contribution in [0.4, 0.5) is 5.69 Å². The van der Waals surface area contributed by atoms with Gasteiger partial charge in [-0.3, -0.25) is 0 Å². The van der Waals surface area contributed by atoms with Gasteiger partial charge in [-0.25, -0.2) is 4.68 Å². The number of nitrogens with two attached hydrogens (primary N) is 1. The van der Waals surface area contributed by atoms with Gasteiger partial charge >= 0.3 is 0 Å². The van der Waals surface area contributed by atoms with E-state index in [1.807, 2.05) is 23.7 Å². The fourth-order valence-electron chi connectivity index (χ4n) is 3.57. The number of rotatable bonds is 3. The van der Waals surface area contributed by atoms with Gasteiger partial charge in [-0.2, -0.15) is 0 Å². The Bertz CT molecular complexity index is 633. The molecule has 1 aromatic heterocycles. The summed E-state index contributed by atoms with van der Waals surface area (Å²) >= 11 is 0. The van der Waals surface area contributed by atoms with E-state index in [0.29, 0.717) is 12.0 Å². The largest absolute Gasteiger partial charge is 0.399 e. The molecule has 21 heavy (non-hydrogen) atoms. The molecule has 0 saturated heterocycles. The molecular weight excluding hydrogens is 262 g/mol. The monoisotopic (exact) mass is 285 g/mol. The third-order valence-corrected chi connectivity index (χ3v) is 5.04. The van der Waals surface area contributed by atoms with E-state index in [4.69, 9.17) is 5.73 Å². The van der Waals surface area contributed by atoms with Gasteiger partial charge in [-0.05, 0) is 65.8 Å². The molecule has 3 rings (SSSR count). The molecule has 1 aliphatic carbocycles. The lowest BCUT2D eigenvalue weighted by Gasteiger charge is -2.20. The molecule has 1 aromatic carbocycles. The van der Waals surface area contributed by atoms with Crippen molar-refractivity contribution >= 4 is 5.69 Å². The quantitative estimate of drug-likeness (QED) is 0.879. The molecule has 1 saturated carbocycles. The summed E-state index contributed by atoms with van der Waals surface area (Å²) in [6, 6.07) is 6.39. The minimum atomic E-state index is 0.401. The summed E-state index contributed by atoms with van der Waals surface area (Å²) in [4.78, 5) is 0. The van der Waals surface area contributed by atoms with E-state index >= 15 is 0 Å². The highest BCUT2D eigenvalue weighted by molar-refractivity contribution is 5.61. The summed E-state index contributed by atoms with van der Waals surface area (Å²) in [6.07, 6.45) is 3.66. The van der Waals surface area contributed by atoms with E-state index in [-0.39, 0.29) is 0 Å². The summed E-state index contributed by atoms with van der Waals surface area (Å²) < 4.78 is 2.02. The van der Waals surface area contributed by atoms with Crippen LogP contribution in [0.15, 0.2) is 18.2 Å². The Morgan fingerprint density at radius 3 is 2.81 bits per heavy atom. The van der Waals surface area contributed by atoms with Crippen LogP contribution < -0.4 is 5.73 Å². The average Bonchev–Trinajstić information content (AvgIpc) is 3.08. The number of aromatic nitrogens is 4. The number of hydrogen-bond donors (Lipinski definition) is 1. The van der Waals surface area contributed by atoms with E-state index < -0.39 is 0 Å². The van der Waals surface area contributed by atoms with E-state index in [9.17, 15) is 0 Å². The molecule has 3 unspecified atom stereocenters. The second kappa shape index (κ2) is 5.47. The van der Waals surface area contributed by atoms with Crippen molar-refractivity contribution in [2.75, 3.05) is 5.73 Å². The first kappa shape index (κ1) is 14.0. The molecule has 3 atom stereocenters. The van der Waals surface area contributed by atoms with Crippen LogP contribution >= 0.6 is 0 Å². The molecule has 1 aliphatic rings. The number of nitrogen functional groups attached to an aromatic ring is 1. The first-order valence-corrected chi connectivity index (χ1v) is 7.76. The second-order valence-electron chi connectivity index (χ2n) is 6.19. The number of tetrazole rings is 1. The third-order valence-electron chi connectivity index (χ3n) is 5.04. The lowest BCUT2D eigenvalue weighted by Crippen LogP contribution is -2.18. The number of anilines is 1. The zero-order valence-corrected chi connectivity index (χ0v) is 13.0. The smallest absolute Gasteiger partial charge is 0.182 e. The van der Waals surface area contributed by atoms with Gasteiger partial charge < -0.3 is 5.73 Å². The van der Waals surface area contributed by atoms with Gasteiger partial charge in [0.05, 0.1) is 6.04 Å². The Balaban J connectivity index is 1.96. The van der Waals surface area contributed by atoms with Crippen LogP contribution in [0.1, 0.15) is 44.7 Å². The molecule has 0 aliphatic heterocycles. The summed E-state index contributed by atoms with van der Waals surface area (Å²) in [5, 5.41) is 12.4. The van der Waals surface area contributed by atoms with Gasteiger partial charge in [-0.15, -0.1) is 5.10 Å². The van der Waals surface area contributed by atoms with Crippen molar-refractivity contribution in [3.8, 4) is 11.4 Å². The fourth-order valence-corrected chi connectivity index (χ4v) is 3.57. The van der Waals surface area contributed by atoms with Crippen LogP contribution in [0.25, 0.3) is 11.4 Å². The van der Waals surface area contributed by atoms with Gasteiger partial charge in [0.1, 0.15) is 0 Å². The predicted molar refractivity (Wildman–Crippen MR) is 83.6 cm³/mol. The predicted octanol–water partition coefficient (Wildman–Crippen LogP) is 3.23. The summed E-state index contributed by atoms with van der Waals surface area (Å²) in [5.41, 5.74) is 8.81. The number of hydrogen-bond acceptors (Lipinski definition) is 4. The van der Waals surface area contributed by atoms with Crippen LogP contribution in [0.2, 0.25) is 0 Å². The zero-order chi connectivity index (χ0) is 15.0. The highest BCUT2D eigenvalue weighted by Gasteiger charge is 2.35. The van der Waals surface area contributed by atoms with Crippen LogP contribution in [0.5, 0.6) is 0 Å². The van der Waals surface area contributed by atoms with E-state index in [2.05, 4.69) is 35.4 Å². The topological polar surface area (TPSA) is 69.6 Å². The third kappa shape index (κ3) is 2.41. The molecule has 1 fully saturated rings. The molecular formula is C16H23N5. The SMILES string of the molecule is CCC1CCC(n2nnnc2-c2ccc(N)c(C)c2)C1C. The van der Waals surface area contributed by atoms with Crippen LogP contribution in [-0.4, -0.2) is 20.2 Å². The van der Waals surface area contributed by atoms with Crippen LogP contribution in [0.3, 0.4) is 0 Å². The van der Waals surface area contributed by atoms with Crippen molar-refractivity contribution in [3.05, 3.63) is 23.8 Å². The Morgan fingerprint density at radius 1 is 1.33 bits per heavy atom. The van der Waals surface area contributed by atoms with Crippen LogP contribution in [0, 0.1) is 18.8 Å². The van der Waals surface area contributed by atoms with Gasteiger partial charge in [0.2, 0.25) is 0 Å². The maximum absolute atomic E-state index is 5.90. The lowest BCUT2D eigenvalue weighted by molar-refractivity contribution is 0.310. The molecule has 112 valence electrons. The number of nitrogens with zero attached hydrogens (tertiary/aromatic N) is 4. The van der Waals surface area contributed by atoms with Crippen molar-refractivity contribution in [2.24, 2.45) is 11.8 Å². The average molecular weight is 285 g/mol. The lowest BCUT2D eigenvalue weighted by atomic mass is 9.93. The Hall–Kier alpha value is -1.91. The molecule has 1 heterocycles. The minimum Gasteiger partial charge on any atom is -0.399 e. The molecule has 5 nitrogen and oxygen atoms in total. The summed E-state index contributed by atoms with van der Waals surface area (Å²) in [5.74, 6) is 2.25. The van der Waals surface area contributed by atoms with Crippen molar-refractivity contribution in [2.45, 2.75) is 46.1 Å². The maximum Gasteiger partial charge on any atom is 0.182 e. The molecule has 2 N–H and O–H groups in total.